The Balaban J connectivity index is 2.57. The maximum absolute atomic E-state index is 11.0. The van der Waals surface area contributed by atoms with Gasteiger partial charge in [0.25, 0.3) is 0 Å². The fourth-order valence-corrected chi connectivity index (χ4v) is 2.60. The van der Waals surface area contributed by atoms with Crippen molar-refractivity contribution in [2.45, 2.75) is 18.7 Å². The molecule has 0 saturated heterocycles. The van der Waals surface area contributed by atoms with E-state index >= 15 is 0 Å². The van der Waals surface area contributed by atoms with Crippen molar-refractivity contribution in [2.75, 3.05) is 18.6 Å². The summed E-state index contributed by atoms with van der Waals surface area (Å²) in [5.74, 6) is 1.03. The van der Waals surface area contributed by atoms with Gasteiger partial charge in [-0.2, -0.15) is 0 Å². The minimum Gasteiger partial charge on any atom is -0.493 e. The summed E-state index contributed by atoms with van der Waals surface area (Å²) in [4.78, 5) is 0. The van der Waals surface area contributed by atoms with E-state index in [0.29, 0.717) is 13.0 Å². The number of halogens is 1. The molecule has 17 heavy (non-hydrogen) atoms. The summed E-state index contributed by atoms with van der Waals surface area (Å²) in [6.45, 7) is 2.41. The molecule has 0 aliphatic rings. The first kappa shape index (κ1) is 14.5. The van der Waals surface area contributed by atoms with Crippen LogP contribution >= 0.6 is 15.9 Å². The summed E-state index contributed by atoms with van der Waals surface area (Å²) in [5, 5.41) is 0.732. The van der Waals surface area contributed by atoms with Gasteiger partial charge in [0.05, 0.1) is 12.4 Å². The van der Waals surface area contributed by atoms with Crippen LogP contribution < -0.4 is 4.74 Å². The van der Waals surface area contributed by atoms with E-state index < -0.39 is 9.84 Å². The SMILES string of the molecule is Cc1cccc(CBr)c1OCCCS(C)(=O)=O. The molecular formula is C12H17BrO3S. The van der Waals surface area contributed by atoms with Crippen LogP contribution in [-0.2, 0) is 15.2 Å². The van der Waals surface area contributed by atoms with Gasteiger partial charge in [0.15, 0.2) is 0 Å². The maximum Gasteiger partial charge on any atom is 0.147 e. The minimum absolute atomic E-state index is 0.169. The van der Waals surface area contributed by atoms with Crippen LogP contribution in [-0.4, -0.2) is 27.0 Å². The van der Waals surface area contributed by atoms with Crippen LogP contribution in [0.1, 0.15) is 17.5 Å². The highest BCUT2D eigenvalue weighted by Gasteiger charge is 2.07. The van der Waals surface area contributed by atoms with Crippen molar-refractivity contribution >= 4 is 25.8 Å². The average Bonchev–Trinajstić information content (AvgIpc) is 2.24. The summed E-state index contributed by atoms with van der Waals surface area (Å²) < 4.78 is 27.6. The van der Waals surface area contributed by atoms with Crippen molar-refractivity contribution in [3.8, 4) is 5.75 Å². The molecule has 0 radical (unpaired) electrons. The Bertz CT molecular complexity index is 469. The Kier molecular flexibility index (Phi) is 5.46. The van der Waals surface area contributed by atoms with E-state index in [1.807, 2.05) is 25.1 Å². The zero-order valence-corrected chi connectivity index (χ0v) is 12.5. The Hall–Kier alpha value is -0.550. The molecule has 96 valence electrons. The third-order valence-corrected chi connectivity index (χ3v) is 3.98. The number of alkyl halides is 1. The van der Waals surface area contributed by atoms with Crippen LogP contribution in [0.3, 0.4) is 0 Å². The van der Waals surface area contributed by atoms with E-state index in [0.717, 1.165) is 22.2 Å². The van der Waals surface area contributed by atoms with E-state index in [2.05, 4.69) is 15.9 Å². The number of rotatable bonds is 6. The zero-order valence-electron chi connectivity index (χ0n) is 10.1. The largest absolute Gasteiger partial charge is 0.493 e. The lowest BCUT2D eigenvalue weighted by Crippen LogP contribution is -2.09. The molecule has 0 atom stereocenters. The highest BCUT2D eigenvalue weighted by molar-refractivity contribution is 9.08. The first-order chi connectivity index (χ1) is 7.94. The Morgan fingerprint density at radius 2 is 2.06 bits per heavy atom. The van der Waals surface area contributed by atoms with Crippen LogP contribution in [0, 0.1) is 6.92 Å². The van der Waals surface area contributed by atoms with Gasteiger partial charge in [-0.25, -0.2) is 8.42 Å². The van der Waals surface area contributed by atoms with Crippen molar-refractivity contribution < 1.29 is 13.2 Å². The number of hydrogen-bond acceptors (Lipinski definition) is 3. The Morgan fingerprint density at radius 3 is 2.65 bits per heavy atom. The number of aryl methyl sites for hydroxylation is 1. The molecule has 5 heteroatoms. The van der Waals surface area contributed by atoms with Crippen molar-refractivity contribution in [1.82, 2.24) is 0 Å². The average molecular weight is 321 g/mol. The van der Waals surface area contributed by atoms with Gasteiger partial charge in [-0.3, -0.25) is 0 Å². The van der Waals surface area contributed by atoms with Crippen molar-refractivity contribution in [2.24, 2.45) is 0 Å². The van der Waals surface area contributed by atoms with E-state index in [4.69, 9.17) is 4.74 Å². The second-order valence-electron chi connectivity index (χ2n) is 4.03. The number of hydrogen-bond donors (Lipinski definition) is 0. The second-order valence-corrected chi connectivity index (χ2v) is 6.85. The van der Waals surface area contributed by atoms with Crippen LogP contribution in [0.15, 0.2) is 18.2 Å². The smallest absolute Gasteiger partial charge is 0.147 e. The van der Waals surface area contributed by atoms with Crippen LogP contribution in [0.4, 0.5) is 0 Å². The molecule has 0 N–H and O–H groups in total. The molecule has 0 bridgehead atoms. The van der Waals surface area contributed by atoms with Crippen LogP contribution in [0.5, 0.6) is 5.75 Å². The fourth-order valence-electron chi connectivity index (χ4n) is 1.52. The van der Waals surface area contributed by atoms with Crippen molar-refractivity contribution in [3.63, 3.8) is 0 Å². The lowest BCUT2D eigenvalue weighted by molar-refractivity contribution is 0.313. The third kappa shape index (κ3) is 5.08. The Labute approximate surface area is 111 Å². The lowest BCUT2D eigenvalue weighted by atomic mass is 10.1. The fraction of sp³-hybridized carbons (Fsp3) is 0.500. The maximum atomic E-state index is 11.0. The van der Waals surface area contributed by atoms with E-state index in [1.54, 1.807) is 0 Å². The summed E-state index contributed by atoms with van der Waals surface area (Å²) in [6, 6.07) is 5.96. The number of ether oxygens (including phenoxy) is 1. The molecule has 0 saturated carbocycles. The number of sulfone groups is 1. The summed E-state index contributed by atoms with van der Waals surface area (Å²) >= 11 is 3.41. The first-order valence-corrected chi connectivity index (χ1v) is 8.57. The number of benzene rings is 1. The van der Waals surface area contributed by atoms with Gasteiger partial charge in [-0.15, -0.1) is 0 Å². The monoisotopic (exact) mass is 320 g/mol. The van der Waals surface area contributed by atoms with Gasteiger partial charge in [0.2, 0.25) is 0 Å². The standard InChI is InChI=1S/C12H17BrO3S/c1-10-5-3-6-11(9-13)12(10)16-7-4-8-17(2,14)15/h3,5-6H,4,7-9H2,1-2H3. The molecule has 0 aromatic heterocycles. The highest BCUT2D eigenvalue weighted by atomic mass is 79.9. The molecule has 0 aliphatic heterocycles. The molecule has 0 aliphatic carbocycles. The Morgan fingerprint density at radius 1 is 1.35 bits per heavy atom. The molecule has 1 aromatic rings. The third-order valence-electron chi connectivity index (χ3n) is 2.34. The molecule has 0 heterocycles. The second kappa shape index (κ2) is 6.40. The zero-order chi connectivity index (χ0) is 12.9. The minimum atomic E-state index is -2.89. The molecule has 1 rings (SSSR count). The normalized spacial score (nSPS) is 11.5. The molecule has 0 fully saturated rings. The van der Waals surface area contributed by atoms with Gasteiger partial charge >= 0.3 is 0 Å². The van der Waals surface area contributed by atoms with E-state index in [1.165, 1.54) is 6.26 Å². The predicted molar refractivity (Wildman–Crippen MR) is 73.6 cm³/mol. The molecule has 1 aromatic carbocycles. The van der Waals surface area contributed by atoms with Gasteiger partial charge in [0, 0.05) is 17.1 Å². The van der Waals surface area contributed by atoms with Crippen LogP contribution in [0.2, 0.25) is 0 Å². The first-order valence-electron chi connectivity index (χ1n) is 5.39. The number of para-hydroxylation sites is 1. The summed E-state index contributed by atoms with van der Waals surface area (Å²) in [5.41, 5.74) is 2.16. The van der Waals surface area contributed by atoms with E-state index in [-0.39, 0.29) is 5.75 Å². The van der Waals surface area contributed by atoms with Crippen molar-refractivity contribution in [1.29, 1.82) is 0 Å². The molecule has 0 amide bonds. The highest BCUT2D eigenvalue weighted by Crippen LogP contribution is 2.25. The van der Waals surface area contributed by atoms with Gasteiger partial charge < -0.3 is 4.74 Å². The summed E-state index contributed by atoms with van der Waals surface area (Å²) in [6.07, 6.45) is 1.76. The lowest BCUT2D eigenvalue weighted by Gasteiger charge is -2.12. The molecular weight excluding hydrogens is 304 g/mol. The van der Waals surface area contributed by atoms with Crippen molar-refractivity contribution in [3.05, 3.63) is 29.3 Å². The van der Waals surface area contributed by atoms with Gasteiger partial charge in [0.1, 0.15) is 15.6 Å². The van der Waals surface area contributed by atoms with Crippen LogP contribution in [0.25, 0.3) is 0 Å². The predicted octanol–water partition coefficient (Wildman–Crippen LogP) is 2.70. The quantitative estimate of drug-likeness (QED) is 0.598. The summed E-state index contributed by atoms with van der Waals surface area (Å²) in [7, 11) is -2.89. The van der Waals surface area contributed by atoms with Gasteiger partial charge in [-0.05, 0) is 18.9 Å². The molecule has 0 spiro atoms. The van der Waals surface area contributed by atoms with Gasteiger partial charge in [-0.1, -0.05) is 34.1 Å². The molecule has 3 nitrogen and oxygen atoms in total. The topological polar surface area (TPSA) is 43.4 Å². The van der Waals surface area contributed by atoms with E-state index in [9.17, 15) is 8.42 Å². The molecule has 0 unspecified atom stereocenters.